The van der Waals surface area contributed by atoms with Crippen LogP contribution in [-0.2, 0) is 16.0 Å². The topological polar surface area (TPSA) is 151 Å². The molecule has 0 aliphatic carbocycles. The molecular weight excluding hydrogens is 326 g/mol. The number of esters is 1. The van der Waals surface area contributed by atoms with Crippen molar-refractivity contribution in [3.8, 4) is 0 Å². The molecule has 0 atom stereocenters. The van der Waals surface area contributed by atoms with Crippen LogP contribution in [0.1, 0.15) is 46.2 Å². The minimum atomic E-state index is -0.578. The number of hydrogen-bond acceptors (Lipinski definition) is 4. The molecule has 0 spiro atoms. The molecule has 2 rings (SSSR count). The number of ether oxygens (including phenoxy) is 1. The third-order valence-electron chi connectivity index (χ3n) is 3.64. The first-order valence-electron chi connectivity index (χ1n) is 7.67. The molecule has 3 N–H and O–H groups in total. The number of azide groups is 1. The number of aryl methyl sites for hydroxylation is 1. The van der Waals surface area contributed by atoms with Crippen LogP contribution in [-0.4, -0.2) is 29.4 Å². The second kappa shape index (κ2) is 7.98. The van der Waals surface area contributed by atoms with Crippen LogP contribution >= 0.6 is 0 Å². The molecule has 1 aromatic heterocycles. The lowest BCUT2D eigenvalue weighted by atomic mass is 10.0. The van der Waals surface area contributed by atoms with Crippen molar-refractivity contribution >= 4 is 28.7 Å². The van der Waals surface area contributed by atoms with E-state index in [1.807, 2.05) is 0 Å². The fraction of sp³-hybridized carbons (Fsp3) is 0.312. The van der Waals surface area contributed by atoms with Crippen LogP contribution in [0.2, 0.25) is 0 Å². The maximum absolute atomic E-state index is 12.2. The van der Waals surface area contributed by atoms with E-state index >= 15 is 0 Å². The molecule has 0 aliphatic heterocycles. The van der Waals surface area contributed by atoms with Gasteiger partial charge in [-0.2, -0.15) is 0 Å². The Kier molecular flexibility index (Phi) is 5.75. The summed E-state index contributed by atoms with van der Waals surface area (Å²) in [5, 5.41) is 3.67. The quantitative estimate of drug-likeness (QED) is 0.343. The lowest BCUT2D eigenvalue weighted by Gasteiger charge is -2.04. The summed E-state index contributed by atoms with van der Waals surface area (Å²) in [5.74, 6) is -1.67. The highest BCUT2D eigenvalue weighted by atomic mass is 16.5. The standard InChI is InChI=1S/C16H17N5O4/c1-2-25-16(24)14-10(4-3-5-13(22)20-21-18)11-8-9(15(17)23)6-7-12(11)19-14/h6-8,19H,2-5H2,1H3,(H2,17,23). The van der Waals surface area contributed by atoms with E-state index in [0.717, 1.165) is 0 Å². The molecule has 9 heteroatoms. The van der Waals surface area contributed by atoms with Crippen molar-refractivity contribution in [2.45, 2.75) is 26.2 Å². The van der Waals surface area contributed by atoms with Crippen LogP contribution in [0.4, 0.5) is 0 Å². The van der Waals surface area contributed by atoms with Gasteiger partial charge in [-0.25, -0.2) is 4.79 Å². The summed E-state index contributed by atoms with van der Waals surface area (Å²) in [6, 6.07) is 4.82. The van der Waals surface area contributed by atoms with E-state index < -0.39 is 17.8 Å². The minimum Gasteiger partial charge on any atom is -0.461 e. The summed E-state index contributed by atoms with van der Waals surface area (Å²) in [4.78, 5) is 40.3. The molecular formula is C16H17N5O4. The summed E-state index contributed by atoms with van der Waals surface area (Å²) in [5.41, 5.74) is 15.4. The lowest BCUT2D eigenvalue weighted by molar-refractivity contribution is -0.118. The third kappa shape index (κ3) is 4.15. The first kappa shape index (κ1) is 18.0. The summed E-state index contributed by atoms with van der Waals surface area (Å²) in [6.07, 6.45) is 0.787. The Labute approximate surface area is 142 Å². The number of benzene rings is 1. The van der Waals surface area contributed by atoms with Gasteiger partial charge in [-0.1, -0.05) is 0 Å². The number of primary amides is 1. The fourth-order valence-electron chi connectivity index (χ4n) is 2.55. The third-order valence-corrected chi connectivity index (χ3v) is 3.64. The molecule has 0 unspecified atom stereocenters. The largest absolute Gasteiger partial charge is 0.461 e. The Hall–Kier alpha value is -3.32. The Morgan fingerprint density at radius 2 is 2.12 bits per heavy atom. The molecule has 2 aromatic rings. The van der Waals surface area contributed by atoms with Gasteiger partial charge in [0.25, 0.3) is 0 Å². The molecule has 0 aliphatic rings. The van der Waals surface area contributed by atoms with Crippen molar-refractivity contribution in [1.29, 1.82) is 0 Å². The molecule has 0 saturated heterocycles. The van der Waals surface area contributed by atoms with Crippen LogP contribution in [0.3, 0.4) is 0 Å². The van der Waals surface area contributed by atoms with Crippen molar-refractivity contribution in [2.24, 2.45) is 10.8 Å². The predicted octanol–water partition coefficient (Wildman–Crippen LogP) is 2.60. The highest BCUT2D eigenvalue weighted by Gasteiger charge is 2.19. The van der Waals surface area contributed by atoms with Gasteiger partial charge in [-0.3, -0.25) is 9.59 Å². The van der Waals surface area contributed by atoms with E-state index in [1.54, 1.807) is 25.1 Å². The van der Waals surface area contributed by atoms with E-state index in [0.29, 0.717) is 34.9 Å². The summed E-state index contributed by atoms with van der Waals surface area (Å²) >= 11 is 0. The van der Waals surface area contributed by atoms with Crippen LogP contribution in [0.25, 0.3) is 21.3 Å². The number of nitrogens with one attached hydrogen (secondary N) is 1. The SMILES string of the molecule is CCOC(=O)c1[nH]c2ccc(C(N)=O)cc2c1CCCC(=O)N=[N+]=[N-]. The van der Waals surface area contributed by atoms with E-state index in [2.05, 4.69) is 15.0 Å². The molecule has 1 heterocycles. The highest BCUT2D eigenvalue weighted by Crippen LogP contribution is 2.26. The van der Waals surface area contributed by atoms with Gasteiger partial charge in [0.1, 0.15) is 5.69 Å². The monoisotopic (exact) mass is 343 g/mol. The normalized spacial score (nSPS) is 10.3. The van der Waals surface area contributed by atoms with Crippen LogP contribution in [0.15, 0.2) is 23.3 Å². The smallest absolute Gasteiger partial charge is 0.355 e. The van der Waals surface area contributed by atoms with Gasteiger partial charge in [0.15, 0.2) is 0 Å². The number of hydrogen-bond donors (Lipinski definition) is 2. The number of rotatable bonds is 7. The van der Waals surface area contributed by atoms with Gasteiger partial charge in [-0.15, -0.1) is 0 Å². The highest BCUT2D eigenvalue weighted by molar-refractivity contribution is 6.02. The van der Waals surface area contributed by atoms with Crippen molar-refractivity contribution in [3.63, 3.8) is 0 Å². The first-order chi connectivity index (χ1) is 12.0. The molecule has 0 radical (unpaired) electrons. The Morgan fingerprint density at radius 1 is 1.36 bits per heavy atom. The molecule has 0 fully saturated rings. The average molecular weight is 343 g/mol. The summed E-state index contributed by atoms with van der Waals surface area (Å²) < 4.78 is 5.05. The maximum atomic E-state index is 12.2. The van der Waals surface area contributed by atoms with Crippen LogP contribution in [0.5, 0.6) is 0 Å². The van der Waals surface area contributed by atoms with Gasteiger partial charge in [0.2, 0.25) is 11.8 Å². The zero-order valence-electron chi connectivity index (χ0n) is 13.6. The zero-order chi connectivity index (χ0) is 18.4. The zero-order valence-corrected chi connectivity index (χ0v) is 13.6. The lowest BCUT2D eigenvalue weighted by Crippen LogP contribution is -2.10. The molecule has 9 nitrogen and oxygen atoms in total. The fourth-order valence-corrected chi connectivity index (χ4v) is 2.55. The number of fused-ring (bicyclic) bond motifs is 1. The van der Waals surface area contributed by atoms with Gasteiger partial charge in [0, 0.05) is 27.8 Å². The Bertz CT molecular complexity index is 880. The Balaban J connectivity index is 2.40. The van der Waals surface area contributed by atoms with E-state index in [-0.39, 0.29) is 18.7 Å². The van der Waals surface area contributed by atoms with Crippen molar-refractivity contribution in [3.05, 3.63) is 45.5 Å². The molecule has 1 aromatic carbocycles. The second-order valence-corrected chi connectivity index (χ2v) is 5.26. The van der Waals surface area contributed by atoms with Crippen molar-refractivity contribution < 1.29 is 19.1 Å². The predicted molar refractivity (Wildman–Crippen MR) is 89.9 cm³/mol. The average Bonchev–Trinajstić information content (AvgIpc) is 2.93. The number of aromatic amines is 1. The number of carbonyl (C=O) groups is 3. The van der Waals surface area contributed by atoms with Gasteiger partial charge in [0.05, 0.1) is 6.61 Å². The molecule has 0 saturated carbocycles. The van der Waals surface area contributed by atoms with E-state index in [9.17, 15) is 14.4 Å². The minimum absolute atomic E-state index is 0.0501. The second-order valence-electron chi connectivity index (χ2n) is 5.26. The molecule has 2 amide bonds. The summed E-state index contributed by atoms with van der Waals surface area (Å²) in [7, 11) is 0. The molecule has 25 heavy (non-hydrogen) atoms. The summed E-state index contributed by atoms with van der Waals surface area (Å²) in [6.45, 7) is 1.92. The van der Waals surface area contributed by atoms with E-state index in [1.165, 1.54) is 0 Å². The number of amides is 2. The molecule has 0 bridgehead atoms. The number of carbonyl (C=O) groups excluding carboxylic acids is 3. The van der Waals surface area contributed by atoms with Crippen LogP contribution in [0, 0.1) is 0 Å². The van der Waals surface area contributed by atoms with Gasteiger partial charge in [-0.05, 0) is 54.2 Å². The van der Waals surface area contributed by atoms with Crippen molar-refractivity contribution in [1.82, 2.24) is 4.98 Å². The van der Waals surface area contributed by atoms with Crippen LogP contribution < -0.4 is 5.73 Å². The van der Waals surface area contributed by atoms with Gasteiger partial charge < -0.3 is 15.5 Å². The number of nitrogens with two attached hydrogens (primary N) is 1. The first-order valence-corrected chi connectivity index (χ1v) is 7.67. The number of H-pyrrole nitrogens is 1. The molecule has 130 valence electrons. The van der Waals surface area contributed by atoms with E-state index in [4.69, 9.17) is 16.0 Å². The maximum Gasteiger partial charge on any atom is 0.355 e. The van der Waals surface area contributed by atoms with Crippen molar-refractivity contribution in [2.75, 3.05) is 6.61 Å². The number of nitrogens with zero attached hydrogens (tertiary/aromatic N) is 3. The Morgan fingerprint density at radius 3 is 2.76 bits per heavy atom. The van der Waals surface area contributed by atoms with Gasteiger partial charge >= 0.3 is 5.97 Å². The number of aromatic nitrogens is 1.